The van der Waals surface area contributed by atoms with Crippen molar-refractivity contribution in [1.29, 1.82) is 0 Å². The van der Waals surface area contributed by atoms with Crippen molar-refractivity contribution in [3.8, 4) is 0 Å². The minimum absolute atomic E-state index is 0.0447. The first kappa shape index (κ1) is 16.9. The van der Waals surface area contributed by atoms with E-state index in [2.05, 4.69) is 15.2 Å². The van der Waals surface area contributed by atoms with Crippen LogP contribution in [0.4, 0.5) is 0 Å². The number of rotatable bonds is 6. The summed E-state index contributed by atoms with van der Waals surface area (Å²) in [6.45, 7) is 2.70. The zero-order valence-corrected chi connectivity index (χ0v) is 14.9. The van der Waals surface area contributed by atoms with E-state index in [4.69, 9.17) is 4.42 Å². The average molecular weight is 351 g/mol. The van der Waals surface area contributed by atoms with Crippen LogP contribution in [0.1, 0.15) is 36.6 Å². The molecule has 5 nitrogen and oxygen atoms in total. The van der Waals surface area contributed by atoms with Gasteiger partial charge in [-0.25, -0.2) is 0 Å². The number of carbonyl (C=O) groups excluding carboxylic acids is 1. The van der Waals surface area contributed by atoms with Gasteiger partial charge in [0.15, 0.2) is 0 Å². The first-order chi connectivity index (χ1) is 12.8. The van der Waals surface area contributed by atoms with Gasteiger partial charge < -0.3 is 14.7 Å². The van der Waals surface area contributed by atoms with Crippen molar-refractivity contribution in [3.63, 3.8) is 0 Å². The molecule has 0 aliphatic carbocycles. The average Bonchev–Trinajstić information content (AvgIpc) is 3.34. The highest BCUT2D eigenvalue weighted by atomic mass is 16.3. The molecule has 1 amide bonds. The number of hydrogen-bond acceptors (Lipinski definition) is 3. The molecule has 0 saturated carbocycles. The Kier molecular flexibility index (Phi) is 5.07. The SMILES string of the molecule is O=C(Cc1c[nH]c2ccccc12)NCC(c1ccco1)N1CCCCC1. The van der Waals surface area contributed by atoms with E-state index >= 15 is 0 Å². The van der Waals surface area contributed by atoms with Crippen LogP contribution in [-0.2, 0) is 11.2 Å². The summed E-state index contributed by atoms with van der Waals surface area (Å²) in [5.41, 5.74) is 2.10. The molecule has 1 aromatic carbocycles. The molecule has 0 bridgehead atoms. The Morgan fingerprint density at radius 1 is 1.15 bits per heavy atom. The van der Waals surface area contributed by atoms with Crippen molar-refractivity contribution in [3.05, 3.63) is 60.2 Å². The van der Waals surface area contributed by atoms with E-state index in [1.165, 1.54) is 19.3 Å². The Hall–Kier alpha value is -2.53. The standard InChI is InChI=1S/C21H25N3O2/c25-21(13-16-14-22-18-8-3-2-7-17(16)18)23-15-19(20-9-6-12-26-20)24-10-4-1-5-11-24/h2-3,6-9,12,14,19,22H,1,4-5,10-11,13,15H2,(H,23,25). The van der Waals surface area contributed by atoms with Crippen LogP contribution in [0.25, 0.3) is 10.9 Å². The zero-order chi connectivity index (χ0) is 17.8. The smallest absolute Gasteiger partial charge is 0.224 e. The Morgan fingerprint density at radius 2 is 2.00 bits per heavy atom. The highest BCUT2D eigenvalue weighted by molar-refractivity contribution is 5.88. The summed E-state index contributed by atoms with van der Waals surface area (Å²) >= 11 is 0. The number of fused-ring (bicyclic) bond motifs is 1. The maximum Gasteiger partial charge on any atom is 0.224 e. The Labute approximate surface area is 153 Å². The molecule has 0 spiro atoms. The van der Waals surface area contributed by atoms with Crippen molar-refractivity contribution in [1.82, 2.24) is 15.2 Å². The molecule has 136 valence electrons. The first-order valence-electron chi connectivity index (χ1n) is 9.40. The van der Waals surface area contributed by atoms with E-state index in [0.717, 1.165) is 35.3 Å². The number of benzene rings is 1. The second-order valence-electron chi connectivity index (χ2n) is 6.97. The number of amides is 1. The maximum atomic E-state index is 12.5. The molecule has 26 heavy (non-hydrogen) atoms. The molecule has 1 unspecified atom stereocenters. The summed E-state index contributed by atoms with van der Waals surface area (Å²) in [6, 6.07) is 12.1. The van der Waals surface area contributed by atoms with Gasteiger partial charge in [-0.1, -0.05) is 24.6 Å². The summed E-state index contributed by atoms with van der Waals surface area (Å²) in [5, 5.41) is 4.23. The molecule has 1 saturated heterocycles. The topological polar surface area (TPSA) is 61.3 Å². The van der Waals surface area contributed by atoms with E-state index in [1.54, 1.807) is 6.26 Å². The molecule has 5 heteroatoms. The van der Waals surface area contributed by atoms with E-state index in [-0.39, 0.29) is 11.9 Å². The number of para-hydroxylation sites is 1. The quantitative estimate of drug-likeness (QED) is 0.713. The van der Waals surface area contributed by atoms with Gasteiger partial charge in [0.05, 0.1) is 18.7 Å². The number of nitrogens with zero attached hydrogens (tertiary/aromatic N) is 1. The van der Waals surface area contributed by atoms with Crippen LogP contribution < -0.4 is 5.32 Å². The second kappa shape index (κ2) is 7.79. The number of nitrogens with one attached hydrogen (secondary N) is 2. The summed E-state index contributed by atoms with van der Waals surface area (Å²) in [6.07, 6.45) is 7.73. The van der Waals surface area contributed by atoms with Crippen LogP contribution in [0.3, 0.4) is 0 Å². The lowest BCUT2D eigenvalue weighted by Crippen LogP contribution is -2.40. The number of aromatic nitrogens is 1. The van der Waals surface area contributed by atoms with Crippen molar-refractivity contribution in [2.24, 2.45) is 0 Å². The summed E-state index contributed by atoms with van der Waals surface area (Å²) in [4.78, 5) is 18.2. The van der Waals surface area contributed by atoms with Crippen LogP contribution in [0.5, 0.6) is 0 Å². The van der Waals surface area contributed by atoms with E-state index < -0.39 is 0 Å². The first-order valence-corrected chi connectivity index (χ1v) is 9.40. The molecule has 1 atom stereocenters. The van der Waals surface area contributed by atoms with Crippen LogP contribution in [0.2, 0.25) is 0 Å². The van der Waals surface area contributed by atoms with Crippen molar-refractivity contribution in [2.75, 3.05) is 19.6 Å². The molecular formula is C21H25N3O2. The molecule has 3 heterocycles. The second-order valence-corrected chi connectivity index (χ2v) is 6.97. The van der Waals surface area contributed by atoms with E-state index in [1.807, 2.05) is 42.6 Å². The number of piperidine rings is 1. The zero-order valence-electron chi connectivity index (χ0n) is 14.9. The predicted molar refractivity (Wildman–Crippen MR) is 102 cm³/mol. The number of furan rings is 1. The summed E-state index contributed by atoms with van der Waals surface area (Å²) in [7, 11) is 0. The highest BCUT2D eigenvalue weighted by Crippen LogP contribution is 2.24. The van der Waals surface area contributed by atoms with E-state index in [9.17, 15) is 4.79 Å². The Bertz CT molecular complexity index is 847. The molecule has 3 aromatic rings. The summed E-state index contributed by atoms with van der Waals surface area (Å²) in [5.74, 6) is 0.975. The molecule has 2 N–H and O–H groups in total. The third kappa shape index (κ3) is 3.68. The number of hydrogen-bond donors (Lipinski definition) is 2. The van der Waals surface area contributed by atoms with Gasteiger partial charge in [-0.05, 0) is 49.7 Å². The third-order valence-corrected chi connectivity index (χ3v) is 5.22. The third-order valence-electron chi connectivity index (χ3n) is 5.22. The van der Waals surface area contributed by atoms with Gasteiger partial charge in [0.2, 0.25) is 5.91 Å². The number of aromatic amines is 1. The van der Waals surface area contributed by atoms with Gasteiger partial charge in [0, 0.05) is 23.6 Å². The predicted octanol–water partition coefficient (Wildman–Crippen LogP) is 3.65. The minimum atomic E-state index is 0.0447. The van der Waals surface area contributed by atoms with Crippen LogP contribution in [-0.4, -0.2) is 35.4 Å². The molecule has 0 radical (unpaired) electrons. The highest BCUT2D eigenvalue weighted by Gasteiger charge is 2.25. The lowest BCUT2D eigenvalue weighted by atomic mass is 10.1. The van der Waals surface area contributed by atoms with E-state index in [0.29, 0.717) is 13.0 Å². The molecular weight excluding hydrogens is 326 g/mol. The van der Waals surface area contributed by atoms with Crippen molar-refractivity contribution < 1.29 is 9.21 Å². The van der Waals surface area contributed by atoms with Gasteiger partial charge in [-0.15, -0.1) is 0 Å². The lowest BCUT2D eigenvalue weighted by molar-refractivity contribution is -0.120. The fourth-order valence-corrected chi connectivity index (χ4v) is 3.84. The number of carbonyl (C=O) groups is 1. The minimum Gasteiger partial charge on any atom is -0.468 e. The normalized spacial score (nSPS) is 16.6. The number of likely N-dealkylation sites (tertiary alicyclic amines) is 1. The van der Waals surface area contributed by atoms with Crippen LogP contribution in [0, 0.1) is 0 Å². The van der Waals surface area contributed by atoms with Gasteiger partial charge in [0.1, 0.15) is 5.76 Å². The van der Waals surface area contributed by atoms with Gasteiger partial charge in [-0.2, -0.15) is 0 Å². The lowest BCUT2D eigenvalue weighted by Gasteiger charge is -2.33. The van der Waals surface area contributed by atoms with Crippen LogP contribution in [0.15, 0.2) is 53.3 Å². The van der Waals surface area contributed by atoms with Crippen molar-refractivity contribution in [2.45, 2.75) is 31.7 Å². The monoisotopic (exact) mass is 351 g/mol. The maximum absolute atomic E-state index is 12.5. The van der Waals surface area contributed by atoms with Crippen molar-refractivity contribution >= 4 is 16.8 Å². The molecule has 1 aliphatic heterocycles. The molecule has 2 aromatic heterocycles. The number of H-pyrrole nitrogens is 1. The largest absolute Gasteiger partial charge is 0.468 e. The molecule has 4 rings (SSSR count). The fraction of sp³-hybridized carbons (Fsp3) is 0.381. The fourth-order valence-electron chi connectivity index (χ4n) is 3.84. The van der Waals surface area contributed by atoms with Crippen LogP contribution >= 0.6 is 0 Å². The summed E-state index contributed by atoms with van der Waals surface area (Å²) < 4.78 is 5.65. The Balaban J connectivity index is 1.41. The van der Waals surface area contributed by atoms with Gasteiger partial charge >= 0.3 is 0 Å². The van der Waals surface area contributed by atoms with Gasteiger partial charge in [-0.3, -0.25) is 9.69 Å². The molecule has 1 aliphatic rings. The van der Waals surface area contributed by atoms with Gasteiger partial charge in [0.25, 0.3) is 0 Å². The molecule has 1 fully saturated rings. The Morgan fingerprint density at radius 3 is 2.81 bits per heavy atom.